The Labute approximate surface area is 125 Å². The van der Waals surface area contributed by atoms with E-state index in [0.717, 1.165) is 0 Å². The minimum Gasteiger partial charge on any atom is -0.466 e. The molecule has 1 aromatic rings. The van der Waals surface area contributed by atoms with Crippen LogP contribution >= 0.6 is 34.8 Å². The van der Waals surface area contributed by atoms with Crippen molar-refractivity contribution in [3.05, 3.63) is 27.2 Å². The second-order valence-electron chi connectivity index (χ2n) is 3.48. The average Bonchev–Trinajstić information content (AvgIpc) is 2.34. The molecule has 1 rings (SSSR count). The van der Waals surface area contributed by atoms with E-state index in [-0.39, 0.29) is 40.3 Å². The van der Waals surface area contributed by atoms with E-state index in [4.69, 9.17) is 44.3 Å². The zero-order valence-corrected chi connectivity index (χ0v) is 12.3. The van der Waals surface area contributed by atoms with Crippen molar-refractivity contribution in [2.45, 2.75) is 19.8 Å². The summed E-state index contributed by atoms with van der Waals surface area (Å²) in [4.78, 5) is 22.5. The topological polar surface area (TPSA) is 52.6 Å². The van der Waals surface area contributed by atoms with Crippen LogP contribution in [0, 0.1) is 0 Å². The van der Waals surface area contributed by atoms with E-state index >= 15 is 0 Å². The number of carbonyl (C=O) groups excluding carboxylic acids is 2. The van der Waals surface area contributed by atoms with Gasteiger partial charge in [0.1, 0.15) is 5.75 Å². The maximum absolute atomic E-state index is 11.5. The summed E-state index contributed by atoms with van der Waals surface area (Å²) >= 11 is 17.3. The largest absolute Gasteiger partial charge is 0.466 e. The van der Waals surface area contributed by atoms with Gasteiger partial charge in [0.2, 0.25) is 0 Å². The average molecular weight is 326 g/mol. The summed E-state index contributed by atoms with van der Waals surface area (Å²) < 4.78 is 9.68. The van der Waals surface area contributed by atoms with Crippen molar-refractivity contribution in [3.8, 4) is 5.75 Å². The molecule has 104 valence electrons. The second-order valence-corrected chi connectivity index (χ2v) is 4.67. The van der Waals surface area contributed by atoms with Gasteiger partial charge in [0, 0.05) is 12.1 Å². The smallest absolute Gasteiger partial charge is 0.311 e. The summed E-state index contributed by atoms with van der Waals surface area (Å²) in [6, 6.07) is 2.75. The number of esters is 2. The molecule has 19 heavy (non-hydrogen) atoms. The van der Waals surface area contributed by atoms with Gasteiger partial charge in [-0.2, -0.15) is 0 Å². The number of ether oxygens (including phenoxy) is 2. The second kappa shape index (κ2) is 7.58. The molecule has 1 aromatic carbocycles. The highest BCUT2D eigenvalue weighted by molar-refractivity contribution is 6.48. The number of hydrogen-bond donors (Lipinski definition) is 0. The third-order valence-electron chi connectivity index (χ3n) is 2.03. The quantitative estimate of drug-likeness (QED) is 0.468. The molecule has 4 nitrogen and oxygen atoms in total. The first-order valence-corrected chi connectivity index (χ1v) is 6.58. The van der Waals surface area contributed by atoms with Gasteiger partial charge in [-0.05, 0) is 6.92 Å². The highest BCUT2D eigenvalue weighted by atomic mass is 35.5. The van der Waals surface area contributed by atoms with Gasteiger partial charge in [0.05, 0.1) is 34.5 Å². The van der Waals surface area contributed by atoms with Crippen molar-refractivity contribution in [1.29, 1.82) is 0 Å². The molecule has 0 spiro atoms. The third kappa shape index (κ3) is 5.27. The van der Waals surface area contributed by atoms with Crippen LogP contribution in [0.2, 0.25) is 15.1 Å². The number of halogens is 3. The number of rotatable bonds is 5. The van der Waals surface area contributed by atoms with Crippen molar-refractivity contribution in [2.75, 3.05) is 6.61 Å². The van der Waals surface area contributed by atoms with Crippen LogP contribution in [-0.4, -0.2) is 18.5 Å². The van der Waals surface area contributed by atoms with Gasteiger partial charge in [-0.15, -0.1) is 0 Å². The van der Waals surface area contributed by atoms with E-state index in [9.17, 15) is 9.59 Å². The van der Waals surface area contributed by atoms with Crippen molar-refractivity contribution >= 4 is 46.7 Å². The lowest BCUT2D eigenvalue weighted by Gasteiger charge is -2.06. The normalized spacial score (nSPS) is 10.1. The molecule has 0 fully saturated rings. The van der Waals surface area contributed by atoms with Crippen LogP contribution in [0.5, 0.6) is 5.75 Å². The van der Waals surface area contributed by atoms with E-state index in [0.29, 0.717) is 0 Å². The van der Waals surface area contributed by atoms with Crippen LogP contribution in [0.15, 0.2) is 12.1 Å². The van der Waals surface area contributed by atoms with Crippen LogP contribution in [0.4, 0.5) is 0 Å². The Bertz CT molecular complexity index is 465. The Kier molecular flexibility index (Phi) is 6.42. The van der Waals surface area contributed by atoms with Gasteiger partial charge in [-0.3, -0.25) is 9.59 Å². The SMILES string of the molecule is CCOC(=O)CCC(=O)Oc1cc(Cl)c(Cl)c(Cl)c1. The fourth-order valence-electron chi connectivity index (χ4n) is 1.21. The minimum atomic E-state index is -0.581. The van der Waals surface area contributed by atoms with Gasteiger partial charge < -0.3 is 9.47 Å². The number of hydrogen-bond acceptors (Lipinski definition) is 4. The molecule has 0 atom stereocenters. The summed E-state index contributed by atoms with van der Waals surface area (Å²) in [6.07, 6.45) is -0.127. The van der Waals surface area contributed by atoms with Crippen LogP contribution < -0.4 is 4.74 Å². The highest BCUT2D eigenvalue weighted by Crippen LogP contribution is 2.34. The van der Waals surface area contributed by atoms with E-state index in [1.165, 1.54) is 12.1 Å². The molecule has 0 aliphatic heterocycles. The summed E-state index contributed by atoms with van der Waals surface area (Å²) in [5, 5.41) is 0.555. The van der Waals surface area contributed by atoms with Gasteiger partial charge in [0.25, 0.3) is 0 Å². The summed E-state index contributed by atoms with van der Waals surface area (Å²) in [5.74, 6) is -0.859. The monoisotopic (exact) mass is 324 g/mol. The Balaban J connectivity index is 2.55. The molecular formula is C12H11Cl3O4. The molecule has 0 aliphatic carbocycles. The molecule has 0 N–H and O–H groups in total. The molecule has 0 aromatic heterocycles. The number of benzene rings is 1. The Morgan fingerprint density at radius 3 is 2.11 bits per heavy atom. The standard InChI is InChI=1S/C12H11Cl3O4/c1-2-18-10(16)3-4-11(17)19-7-5-8(13)12(15)9(14)6-7/h5-6H,2-4H2,1H3. The van der Waals surface area contributed by atoms with Gasteiger partial charge in [-0.25, -0.2) is 0 Å². The molecule has 0 unspecified atom stereocenters. The van der Waals surface area contributed by atoms with Crippen LogP contribution in [0.1, 0.15) is 19.8 Å². The van der Waals surface area contributed by atoms with Crippen molar-refractivity contribution < 1.29 is 19.1 Å². The van der Waals surface area contributed by atoms with Gasteiger partial charge >= 0.3 is 11.9 Å². The zero-order chi connectivity index (χ0) is 14.4. The first kappa shape index (κ1) is 16.1. The lowest BCUT2D eigenvalue weighted by Crippen LogP contribution is -2.12. The molecule has 0 bridgehead atoms. The highest BCUT2D eigenvalue weighted by Gasteiger charge is 2.12. The van der Waals surface area contributed by atoms with Gasteiger partial charge in [0.15, 0.2) is 0 Å². The minimum absolute atomic E-state index is 0.0400. The molecule has 0 aliphatic rings. The van der Waals surface area contributed by atoms with Crippen molar-refractivity contribution in [1.82, 2.24) is 0 Å². The molecule has 7 heteroatoms. The fourth-order valence-corrected chi connectivity index (χ4v) is 1.79. The first-order valence-electron chi connectivity index (χ1n) is 5.45. The summed E-state index contributed by atoms with van der Waals surface area (Å²) in [6.45, 7) is 1.96. The Morgan fingerprint density at radius 1 is 1.05 bits per heavy atom. The molecule has 0 heterocycles. The first-order chi connectivity index (χ1) is 8.93. The Hall–Kier alpha value is -0.970. The summed E-state index contributed by atoms with van der Waals surface area (Å²) in [5.41, 5.74) is 0. The van der Waals surface area contributed by atoms with Gasteiger partial charge in [-0.1, -0.05) is 34.8 Å². The predicted octanol–water partition coefficient (Wildman–Crippen LogP) is 3.90. The lowest BCUT2D eigenvalue weighted by atomic mass is 10.3. The van der Waals surface area contributed by atoms with Crippen molar-refractivity contribution in [2.24, 2.45) is 0 Å². The predicted molar refractivity (Wildman–Crippen MR) is 73.0 cm³/mol. The molecule has 0 saturated heterocycles. The lowest BCUT2D eigenvalue weighted by molar-refractivity contribution is -0.146. The van der Waals surface area contributed by atoms with E-state index in [1.807, 2.05) is 0 Å². The summed E-state index contributed by atoms with van der Waals surface area (Å²) in [7, 11) is 0. The molecule has 0 radical (unpaired) electrons. The molecule has 0 saturated carbocycles. The van der Waals surface area contributed by atoms with Crippen LogP contribution in [-0.2, 0) is 14.3 Å². The third-order valence-corrected chi connectivity index (χ3v) is 3.22. The van der Waals surface area contributed by atoms with Crippen LogP contribution in [0.25, 0.3) is 0 Å². The molecule has 0 amide bonds. The molecular weight excluding hydrogens is 314 g/mol. The van der Waals surface area contributed by atoms with E-state index in [2.05, 4.69) is 0 Å². The van der Waals surface area contributed by atoms with E-state index < -0.39 is 11.9 Å². The maximum Gasteiger partial charge on any atom is 0.311 e. The maximum atomic E-state index is 11.5. The van der Waals surface area contributed by atoms with Crippen molar-refractivity contribution in [3.63, 3.8) is 0 Å². The van der Waals surface area contributed by atoms with E-state index in [1.54, 1.807) is 6.92 Å². The zero-order valence-electron chi connectivity index (χ0n) is 10.0. The van der Waals surface area contributed by atoms with Crippen LogP contribution in [0.3, 0.4) is 0 Å². The number of carbonyl (C=O) groups is 2. The fraction of sp³-hybridized carbons (Fsp3) is 0.333. The Morgan fingerprint density at radius 2 is 1.58 bits per heavy atom.